The summed E-state index contributed by atoms with van der Waals surface area (Å²) in [4.78, 5) is 53.0. The number of carbonyl (C=O) groups excluding carboxylic acids is 4. The highest BCUT2D eigenvalue weighted by molar-refractivity contribution is 6.82. The highest BCUT2D eigenvalue weighted by atomic mass is 28.3. The molecule has 3 aliphatic heterocycles. The third-order valence-corrected chi connectivity index (χ3v) is 13.4. The molecule has 3 fully saturated rings. The Kier molecular flexibility index (Phi) is 8.80. The summed E-state index contributed by atoms with van der Waals surface area (Å²) in [5.41, 5.74) is -1.39. The predicted molar refractivity (Wildman–Crippen MR) is 139 cm³/mol. The lowest BCUT2D eigenvalue weighted by Crippen LogP contribution is -2.60. The Labute approximate surface area is 228 Å². The molecular formula is C26H40F3N5O4Si. The van der Waals surface area contributed by atoms with E-state index in [2.05, 4.69) is 16.7 Å². The lowest BCUT2D eigenvalue weighted by Gasteiger charge is -2.36. The summed E-state index contributed by atoms with van der Waals surface area (Å²) in [6.07, 6.45) is -1.45. The van der Waals surface area contributed by atoms with Gasteiger partial charge in [0.1, 0.15) is 18.1 Å². The van der Waals surface area contributed by atoms with Crippen molar-refractivity contribution in [2.45, 2.75) is 115 Å². The molecule has 4 atom stereocenters. The third-order valence-electron chi connectivity index (χ3n) is 8.35. The molecule has 9 nitrogen and oxygen atoms in total. The Morgan fingerprint density at radius 1 is 1.18 bits per heavy atom. The topological polar surface area (TPSA) is 131 Å². The molecule has 0 aromatic carbocycles. The van der Waals surface area contributed by atoms with E-state index < -0.39 is 61.4 Å². The molecule has 0 aliphatic carbocycles. The summed E-state index contributed by atoms with van der Waals surface area (Å²) in [6.45, 7) is 8.51. The Balaban J connectivity index is 1.80. The maximum Gasteiger partial charge on any atom is 0.471 e. The minimum atomic E-state index is -5.16. The number of nitriles is 1. The van der Waals surface area contributed by atoms with Crippen molar-refractivity contribution in [3.63, 3.8) is 0 Å². The number of piperidine rings is 1. The number of rotatable bonds is 6. The van der Waals surface area contributed by atoms with Crippen LogP contribution in [0.15, 0.2) is 0 Å². The van der Waals surface area contributed by atoms with Crippen LogP contribution in [0.25, 0.3) is 0 Å². The number of alkyl halides is 3. The van der Waals surface area contributed by atoms with Crippen molar-refractivity contribution in [3.05, 3.63) is 0 Å². The second-order valence-corrected chi connectivity index (χ2v) is 17.9. The molecule has 3 saturated heterocycles. The van der Waals surface area contributed by atoms with Crippen molar-refractivity contribution in [1.82, 2.24) is 20.9 Å². The van der Waals surface area contributed by atoms with Crippen molar-refractivity contribution in [2.24, 2.45) is 11.3 Å². The second-order valence-electron chi connectivity index (χ2n) is 13.2. The fourth-order valence-electron chi connectivity index (χ4n) is 6.12. The van der Waals surface area contributed by atoms with Crippen molar-refractivity contribution in [3.8, 4) is 6.07 Å². The van der Waals surface area contributed by atoms with Gasteiger partial charge < -0.3 is 20.9 Å². The molecule has 3 unspecified atom stereocenters. The molecule has 3 heterocycles. The number of hydrogen-bond donors (Lipinski definition) is 3. The molecule has 3 aliphatic rings. The van der Waals surface area contributed by atoms with Gasteiger partial charge in [-0.15, -0.1) is 0 Å². The molecule has 0 saturated carbocycles. The highest BCUT2D eigenvalue weighted by Crippen LogP contribution is 2.42. The van der Waals surface area contributed by atoms with E-state index in [1.54, 1.807) is 20.8 Å². The molecule has 3 N–H and O–H groups in total. The number of hydrogen-bond acceptors (Lipinski definition) is 5. The zero-order chi connectivity index (χ0) is 29.4. The van der Waals surface area contributed by atoms with Crippen LogP contribution in [-0.4, -0.2) is 72.6 Å². The van der Waals surface area contributed by atoms with Gasteiger partial charge in [0.2, 0.25) is 17.7 Å². The largest absolute Gasteiger partial charge is 0.471 e. The number of nitrogens with one attached hydrogen (secondary N) is 3. The molecular weight excluding hydrogens is 531 g/mol. The van der Waals surface area contributed by atoms with Crippen molar-refractivity contribution >= 4 is 31.7 Å². The number of carbonyl (C=O) groups is 4. The van der Waals surface area contributed by atoms with Gasteiger partial charge in [-0.25, -0.2) is 0 Å². The Morgan fingerprint density at radius 3 is 2.31 bits per heavy atom. The highest BCUT2D eigenvalue weighted by Gasteiger charge is 2.54. The minimum Gasteiger partial charge on any atom is -0.351 e. The number of halogens is 3. The fourth-order valence-corrected chi connectivity index (χ4v) is 11.6. The van der Waals surface area contributed by atoms with Crippen LogP contribution in [-0.2, 0) is 19.2 Å². The average molecular weight is 572 g/mol. The predicted octanol–water partition coefficient (Wildman–Crippen LogP) is 2.78. The maximum absolute atomic E-state index is 13.8. The molecule has 4 amide bonds. The molecule has 3 rings (SSSR count). The second kappa shape index (κ2) is 11.1. The van der Waals surface area contributed by atoms with Gasteiger partial charge in [0, 0.05) is 17.6 Å². The summed E-state index contributed by atoms with van der Waals surface area (Å²) in [7, 11) is -2.07. The third kappa shape index (κ3) is 7.32. The molecule has 0 aromatic rings. The van der Waals surface area contributed by atoms with Crippen LogP contribution < -0.4 is 16.0 Å². The lowest BCUT2D eigenvalue weighted by molar-refractivity contribution is -0.176. The first-order valence-corrected chi connectivity index (χ1v) is 16.4. The zero-order valence-electron chi connectivity index (χ0n) is 23.3. The van der Waals surface area contributed by atoms with Gasteiger partial charge in [0.15, 0.2) is 0 Å². The summed E-state index contributed by atoms with van der Waals surface area (Å²) in [5, 5.41) is 17.3. The van der Waals surface area contributed by atoms with E-state index in [1.807, 2.05) is 19.2 Å². The number of nitrogens with zero attached hydrogens (tertiary/aromatic N) is 2. The fraction of sp³-hybridized carbons (Fsp3) is 0.808. The van der Waals surface area contributed by atoms with Gasteiger partial charge in [-0.05, 0) is 44.6 Å². The summed E-state index contributed by atoms with van der Waals surface area (Å²) in [5.74, 6) is -4.09. The Morgan fingerprint density at radius 2 is 1.79 bits per heavy atom. The molecule has 0 bridgehead atoms. The molecule has 1 spiro atoms. The van der Waals surface area contributed by atoms with Crippen LogP contribution in [0.1, 0.15) is 66.7 Å². The van der Waals surface area contributed by atoms with E-state index >= 15 is 0 Å². The normalized spacial score (nSPS) is 25.9. The van der Waals surface area contributed by atoms with Gasteiger partial charge in [0.25, 0.3) is 0 Å². The van der Waals surface area contributed by atoms with Crippen LogP contribution in [0.3, 0.4) is 0 Å². The first-order valence-electron chi connectivity index (χ1n) is 13.6. The SMILES string of the molecule is CC1(C)CCC(CC(C#N)NC(=O)C2C[Si]3(CCCC3)CN2C(=O)[C@@H](NC(=O)C(F)(F)F)C(C)(C)C)C(=O)N1. The average Bonchev–Trinajstić information content (AvgIpc) is 3.43. The van der Waals surface area contributed by atoms with Crippen LogP contribution in [0.5, 0.6) is 0 Å². The standard InChI is InChI=1S/C26H40F3N5O4Si/c1-24(2,3)19(32-23(38)26(27,28)29)22(37)34-15-39(10-6-7-11-39)14-18(34)21(36)31-17(13-30)12-16-8-9-25(4,5)33-20(16)35/h16-19H,6-12,14-15H2,1-5H3,(H,31,36)(H,32,38)(H,33,35)/t16?,17?,18?,19-/m1/s1. The quantitative estimate of drug-likeness (QED) is 0.422. The summed E-state index contributed by atoms with van der Waals surface area (Å²) >= 11 is 0. The molecule has 218 valence electrons. The van der Waals surface area contributed by atoms with E-state index in [4.69, 9.17) is 0 Å². The van der Waals surface area contributed by atoms with E-state index in [0.29, 0.717) is 18.6 Å². The smallest absolute Gasteiger partial charge is 0.351 e. The van der Waals surface area contributed by atoms with Crippen LogP contribution in [0.4, 0.5) is 13.2 Å². The molecule has 0 radical (unpaired) electrons. The number of amides is 4. The van der Waals surface area contributed by atoms with E-state index in [9.17, 15) is 37.6 Å². The van der Waals surface area contributed by atoms with Crippen molar-refractivity contribution in [1.29, 1.82) is 5.26 Å². The minimum absolute atomic E-state index is 0.125. The van der Waals surface area contributed by atoms with Crippen LogP contribution >= 0.6 is 0 Å². The van der Waals surface area contributed by atoms with Gasteiger partial charge in [0.05, 0.1) is 14.1 Å². The van der Waals surface area contributed by atoms with Crippen LogP contribution in [0, 0.1) is 22.7 Å². The maximum atomic E-state index is 13.8. The van der Waals surface area contributed by atoms with Crippen molar-refractivity contribution < 1.29 is 32.3 Å². The first kappa shape index (κ1) is 30.9. The Bertz CT molecular complexity index is 1030. The lowest BCUT2D eigenvalue weighted by atomic mass is 9.83. The molecule has 0 aromatic heterocycles. The van der Waals surface area contributed by atoms with Gasteiger partial charge in [-0.2, -0.15) is 18.4 Å². The first-order chi connectivity index (χ1) is 17.9. The van der Waals surface area contributed by atoms with E-state index in [-0.39, 0.29) is 17.9 Å². The van der Waals surface area contributed by atoms with Gasteiger partial charge in [-0.3, -0.25) is 19.2 Å². The van der Waals surface area contributed by atoms with Gasteiger partial charge in [-0.1, -0.05) is 45.7 Å². The monoisotopic (exact) mass is 571 g/mol. The van der Waals surface area contributed by atoms with Crippen LogP contribution in [0.2, 0.25) is 18.1 Å². The summed E-state index contributed by atoms with van der Waals surface area (Å²) < 4.78 is 39.2. The molecule has 39 heavy (non-hydrogen) atoms. The zero-order valence-corrected chi connectivity index (χ0v) is 24.3. The van der Waals surface area contributed by atoms with Crippen molar-refractivity contribution in [2.75, 3.05) is 6.17 Å². The molecule has 13 heteroatoms. The Hall–Kier alpha value is -2.62. The summed E-state index contributed by atoms with van der Waals surface area (Å²) in [6, 6.07) is 0.948. The van der Waals surface area contributed by atoms with Gasteiger partial charge >= 0.3 is 12.1 Å². The van der Waals surface area contributed by atoms with E-state index in [1.165, 1.54) is 4.90 Å². The van der Waals surface area contributed by atoms with E-state index in [0.717, 1.165) is 31.4 Å².